The van der Waals surface area contributed by atoms with E-state index in [1.165, 1.54) is 44.5 Å². The molecule has 1 saturated heterocycles. The van der Waals surface area contributed by atoms with Gasteiger partial charge in [0.05, 0.1) is 0 Å². The van der Waals surface area contributed by atoms with Gasteiger partial charge in [-0.2, -0.15) is 0 Å². The normalized spacial score (nSPS) is 23.6. The average molecular weight is 246 g/mol. The van der Waals surface area contributed by atoms with Crippen LogP contribution in [0.1, 0.15) is 32.3 Å². The summed E-state index contributed by atoms with van der Waals surface area (Å²) in [7, 11) is 0. The van der Waals surface area contributed by atoms with Gasteiger partial charge < -0.3 is 5.32 Å². The molecule has 0 saturated carbocycles. The Hall–Kier alpha value is -0.860. The van der Waals surface area contributed by atoms with Gasteiger partial charge in [-0.25, -0.2) is 0 Å². The molecule has 18 heavy (non-hydrogen) atoms. The van der Waals surface area contributed by atoms with Crippen LogP contribution in [0.25, 0.3) is 0 Å². The maximum atomic E-state index is 3.56. The van der Waals surface area contributed by atoms with E-state index in [2.05, 4.69) is 54.4 Å². The minimum atomic E-state index is 0.631. The molecule has 2 nitrogen and oxygen atoms in total. The fraction of sp³-hybridized carbons (Fsp3) is 0.625. The van der Waals surface area contributed by atoms with Gasteiger partial charge in [-0.05, 0) is 51.8 Å². The van der Waals surface area contributed by atoms with Crippen LogP contribution < -0.4 is 5.32 Å². The van der Waals surface area contributed by atoms with Crippen LogP contribution in [0, 0.1) is 0 Å². The highest BCUT2D eigenvalue weighted by molar-refractivity contribution is 5.14. The molecule has 0 aromatic heterocycles. The first kappa shape index (κ1) is 13.6. The maximum absolute atomic E-state index is 3.56. The number of hydrogen-bond donors (Lipinski definition) is 1. The first-order valence-electron chi connectivity index (χ1n) is 7.27. The first-order valence-corrected chi connectivity index (χ1v) is 7.27. The molecule has 1 N–H and O–H groups in total. The van der Waals surface area contributed by atoms with Crippen molar-refractivity contribution in [3.05, 3.63) is 35.9 Å². The van der Waals surface area contributed by atoms with Crippen molar-refractivity contribution in [2.75, 3.05) is 19.6 Å². The molecule has 2 unspecified atom stereocenters. The average Bonchev–Trinajstić information content (AvgIpc) is 2.62. The Labute approximate surface area is 111 Å². The SMILES string of the molecule is CC1CN(C(C)CCc2ccccc2)CCCN1. The predicted octanol–water partition coefficient (Wildman–Crippen LogP) is 2.69. The Morgan fingerprint density at radius 3 is 2.89 bits per heavy atom. The molecule has 0 radical (unpaired) electrons. The lowest BCUT2D eigenvalue weighted by molar-refractivity contribution is 0.199. The minimum Gasteiger partial charge on any atom is -0.313 e. The molecule has 100 valence electrons. The second kappa shape index (κ2) is 6.91. The van der Waals surface area contributed by atoms with Crippen molar-refractivity contribution in [3.8, 4) is 0 Å². The number of rotatable bonds is 4. The van der Waals surface area contributed by atoms with Crippen LogP contribution in [-0.2, 0) is 6.42 Å². The summed E-state index contributed by atoms with van der Waals surface area (Å²) in [5, 5.41) is 3.56. The maximum Gasteiger partial charge on any atom is 0.0166 e. The molecule has 2 atom stereocenters. The van der Waals surface area contributed by atoms with Crippen LogP contribution in [-0.4, -0.2) is 36.6 Å². The van der Waals surface area contributed by atoms with Gasteiger partial charge in [0.2, 0.25) is 0 Å². The molecule has 1 aliphatic rings. The van der Waals surface area contributed by atoms with Crippen molar-refractivity contribution in [2.45, 2.75) is 45.2 Å². The lowest BCUT2D eigenvalue weighted by atomic mass is 10.0. The summed E-state index contributed by atoms with van der Waals surface area (Å²) in [4.78, 5) is 2.65. The van der Waals surface area contributed by atoms with Gasteiger partial charge in [0.25, 0.3) is 0 Å². The van der Waals surface area contributed by atoms with Gasteiger partial charge in [-0.3, -0.25) is 4.90 Å². The van der Waals surface area contributed by atoms with Crippen molar-refractivity contribution in [1.29, 1.82) is 0 Å². The Kier molecular flexibility index (Phi) is 5.21. The van der Waals surface area contributed by atoms with E-state index in [4.69, 9.17) is 0 Å². The van der Waals surface area contributed by atoms with E-state index in [0.29, 0.717) is 12.1 Å². The van der Waals surface area contributed by atoms with Crippen molar-refractivity contribution >= 4 is 0 Å². The van der Waals surface area contributed by atoms with Crippen molar-refractivity contribution in [2.24, 2.45) is 0 Å². The van der Waals surface area contributed by atoms with E-state index in [9.17, 15) is 0 Å². The Morgan fingerprint density at radius 1 is 1.33 bits per heavy atom. The van der Waals surface area contributed by atoms with Gasteiger partial charge in [-0.1, -0.05) is 30.3 Å². The Bertz CT molecular complexity index is 336. The zero-order chi connectivity index (χ0) is 12.8. The zero-order valence-electron chi connectivity index (χ0n) is 11.7. The third-order valence-corrected chi connectivity index (χ3v) is 3.94. The molecule has 0 spiro atoms. The van der Waals surface area contributed by atoms with Crippen LogP contribution in [0.15, 0.2) is 30.3 Å². The summed E-state index contributed by atoms with van der Waals surface area (Å²) in [6.45, 7) is 8.27. The molecule has 0 aliphatic carbocycles. The summed E-state index contributed by atoms with van der Waals surface area (Å²) >= 11 is 0. The standard InChI is InChI=1S/C16H26N2/c1-14-13-18(12-6-11-17-14)15(2)9-10-16-7-4-3-5-8-16/h3-5,7-8,14-15,17H,6,9-13H2,1-2H3. The van der Waals surface area contributed by atoms with E-state index in [0.717, 1.165) is 0 Å². The van der Waals surface area contributed by atoms with Gasteiger partial charge in [0.1, 0.15) is 0 Å². The summed E-state index contributed by atoms with van der Waals surface area (Å²) in [5.74, 6) is 0. The quantitative estimate of drug-likeness (QED) is 0.878. The van der Waals surface area contributed by atoms with Crippen molar-refractivity contribution in [3.63, 3.8) is 0 Å². The number of nitrogens with zero attached hydrogens (tertiary/aromatic N) is 1. The number of hydrogen-bond acceptors (Lipinski definition) is 2. The summed E-state index contributed by atoms with van der Waals surface area (Å²) in [6, 6.07) is 12.2. The highest BCUT2D eigenvalue weighted by Crippen LogP contribution is 2.12. The van der Waals surface area contributed by atoms with E-state index >= 15 is 0 Å². The lowest BCUT2D eigenvalue weighted by Crippen LogP contribution is -2.40. The summed E-state index contributed by atoms with van der Waals surface area (Å²) in [6.07, 6.45) is 3.73. The lowest BCUT2D eigenvalue weighted by Gasteiger charge is -2.29. The largest absolute Gasteiger partial charge is 0.313 e. The number of benzene rings is 1. The van der Waals surface area contributed by atoms with E-state index in [1.54, 1.807) is 0 Å². The topological polar surface area (TPSA) is 15.3 Å². The van der Waals surface area contributed by atoms with Gasteiger partial charge in [-0.15, -0.1) is 0 Å². The molecule has 1 aromatic carbocycles. The molecule has 1 aliphatic heterocycles. The molecular weight excluding hydrogens is 220 g/mol. The highest BCUT2D eigenvalue weighted by atomic mass is 15.2. The molecule has 1 fully saturated rings. The van der Waals surface area contributed by atoms with Crippen LogP contribution in [0.4, 0.5) is 0 Å². The smallest absolute Gasteiger partial charge is 0.0166 e. The molecule has 1 aromatic rings. The Morgan fingerprint density at radius 2 is 2.11 bits per heavy atom. The highest BCUT2D eigenvalue weighted by Gasteiger charge is 2.18. The fourth-order valence-electron chi connectivity index (χ4n) is 2.74. The molecule has 2 heteroatoms. The second-order valence-corrected chi connectivity index (χ2v) is 5.58. The summed E-state index contributed by atoms with van der Waals surface area (Å²) in [5.41, 5.74) is 1.46. The van der Waals surface area contributed by atoms with Crippen molar-refractivity contribution in [1.82, 2.24) is 10.2 Å². The first-order chi connectivity index (χ1) is 8.75. The molecule has 0 bridgehead atoms. The van der Waals surface area contributed by atoms with Crippen LogP contribution in [0.2, 0.25) is 0 Å². The third kappa shape index (κ3) is 4.11. The molecular formula is C16H26N2. The third-order valence-electron chi connectivity index (χ3n) is 3.94. The van der Waals surface area contributed by atoms with E-state index in [1.807, 2.05) is 0 Å². The zero-order valence-corrected chi connectivity index (χ0v) is 11.7. The van der Waals surface area contributed by atoms with Crippen LogP contribution >= 0.6 is 0 Å². The Balaban J connectivity index is 1.81. The van der Waals surface area contributed by atoms with Gasteiger partial charge >= 0.3 is 0 Å². The van der Waals surface area contributed by atoms with E-state index < -0.39 is 0 Å². The fourth-order valence-corrected chi connectivity index (χ4v) is 2.74. The molecule has 1 heterocycles. The number of nitrogens with one attached hydrogen (secondary N) is 1. The van der Waals surface area contributed by atoms with Crippen LogP contribution in [0.3, 0.4) is 0 Å². The van der Waals surface area contributed by atoms with E-state index in [-0.39, 0.29) is 0 Å². The number of aryl methyl sites for hydroxylation is 1. The molecule has 0 amide bonds. The van der Waals surface area contributed by atoms with Gasteiger partial charge in [0, 0.05) is 18.6 Å². The minimum absolute atomic E-state index is 0.631. The monoisotopic (exact) mass is 246 g/mol. The second-order valence-electron chi connectivity index (χ2n) is 5.58. The van der Waals surface area contributed by atoms with Gasteiger partial charge in [0.15, 0.2) is 0 Å². The molecule has 2 rings (SSSR count). The summed E-state index contributed by atoms with van der Waals surface area (Å²) < 4.78 is 0. The predicted molar refractivity (Wildman–Crippen MR) is 77.9 cm³/mol. The van der Waals surface area contributed by atoms with Crippen LogP contribution in [0.5, 0.6) is 0 Å². The van der Waals surface area contributed by atoms with Crippen molar-refractivity contribution < 1.29 is 0 Å².